The van der Waals surface area contributed by atoms with Crippen LogP contribution in [0.15, 0.2) is 29.3 Å². The second-order valence-corrected chi connectivity index (χ2v) is 17.7. The third kappa shape index (κ3) is 9.94. The Morgan fingerprint density at radius 3 is 2.54 bits per heavy atom. The van der Waals surface area contributed by atoms with Crippen LogP contribution in [-0.4, -0.2) is 94.8 Å². The molecule has 1 saturated carbocycles. The number of hydrogen-bond donors (Lipinski definition) is 8. The van der Waals surface area contributed by atoms with Crippen LogP contribution < -0.4 is 26.6 Å². The molecule has 0 radical (unpaired) electrons. The summed E-state index contributed by atoms with van der Waals surface area (Å²) < 4.78 is 0. The summed E-state index contributed by atoms with van der Waals surface area (Å²) in [6.45, 7) is 6.32. The highest BCUT2D eigenvalue weighted by molar-refractivity contribution is 5.68. The first-order valence-corrected chi connectivity index (χ1v) is 20.0. The number of quaternary nitrogens is 1. The standard InChI is InChI=1S/C40H66N6O4/c1-28-35(47)22-34(46-18-17-42-27-46)33(44-28)11-10-29-9-6-14-39(12-3-4-13-39)15-16-40(50,25-37(48)49)26-43-38(2)23-32(45-36(41)24-38)21-31-8-5-7-30(19-29)20-31/h5,7-8,17,20,28-29,32-36,43-45,47,50H,3-4,6,9-16,18-19,21-27,41H2,1-2H3,(H,48,49)/p+1/t28-,29+,32+,33+,34-,35+,36+,38+,40+/m0/s1. The second-order valence-electron chi connectivity index (χ2n) is 17.7. The van der Waals surface area contributed by atoms with Gasteiger partial charge in [0.25, 0.3) is 0 Å². The Kier molecular flexibility index (Phi) is 12.4. The summed E-state index contributed by atoms with van der Waals surface area (Å²) in [7, 11) is 0. The molecule has 280 valence electrons. The van der Waals surface area contributed by atoms with Crippen LogP contribution in [0.4, 0.5) is 0 Å². The summed E-state index contributed by atoms with van der Waals surface area (Å²) in [6, 6.07) is 10.2. The van der Waals surface area contributed by atoms with Gasteiger partial charge < -0.3 is 36.6 Å². The molecule has 0 aromatic heterocycles. The lowest BCUT2D eigenvalue weighted by molar-refractivity contribution is -0.914. The Morgan fingerprint density at radius 1 is 1.04 bits per heavy atom. The monoisotopic (exact) mass is 696 g/mol. The van der Waals surface area contributed by atoms with Crippen molar-refractivity contribution in [2.45, 2.75) is 171 Å². The summed E-state index contributed by atoms with van der Waals surface area (Å²) in [4.78, 5) is 18.0. The molecular weight excluding hydrogens is 628 g/mol. The van der Waals surface area contributed by atoms with Crippen molar-refractivity contribution in [1.82, 2.24) is 16.0 Å². The third-order valence-electron chi connectivity index (χ3n) is 13.5. The first kappa shape index (κ1) is 37.8. The third-order valence-corrected chi connectivity index (χ3v) is 13.5. The molecule has 0 amide bonds. The van der Waals surface area contributed by atoms with Gasteiger partial charge in [-0.1, -0.05) is 49.9 Å². The Labute approximate surface area is 300 Å². The average molecular weight is 696 g/mol. The largest absolute Gasteiger partial charge is 0.481 e. The number of fused-ring (bicyclic) bond motifs is 4. The molecule has 4 heterocycles. The molecule has 50 heavy (non-hydrogen) atoms. The van der Waals surface area contributed by atoms with Crippen LogP contribution in [0, 0.1) is 11.3 Å². The van der Waals surface area contributed by atoms with Crippen molar-refractivity contribution in [1.29, 1.82) is 0 Å². The quantitative estimate of drug-likeness (QED) is 0.226. The number of rotatable bonds is 6. The van der Waals surface area contributed by atoms with Crippen LogP contribution in [0.3, 0.4) is 0 Å². The number of benzene rings is 1. The fourth-order valence-electron chi connectivity index (χ4n) is 10.6. The zero-order valence-corrected chi connectivity index (χ0v) is 30.8. The SMILES string of the molecule is C[C@@H]1N[C@H](CC[C@H]2CCCC3(CCCC3)CC[C@@](O)(CC(=O)O)CN[C@]3(C)C[C@@H](Cc4cccc(c4)C2)N[C@@H](N)C3)[C@@H]([NH+]2CC=NC2)C[C@H]1O. The molecule has 5 aliphatic rings. The normalized spacial score (nSPS) is 39.9. The van der Waals surface area contributed by atoms with Crippen LogP contribution in [0.1, 0.15) is 121 Å². The van der Waals surface area contributed by atoms with E-state index >= 15 is 0 Å². The van der Waals surface area contributed by atoms with E-state index in [1.54, 1.807) is 0 Å². The summed E-state index contributed by atoms with van der Waals surface area (Å²) in [5.74, 6) is -0.392. The predicted molar refractivity (Wildman–Crippen MR) is 198 cm³/mol. The fraction of sp³-hybridized carbons (Fsp3) is 0.800. The predicted octanol–water partition coefficient (Wildman–Crippen LogP) is 2.69. The van der Waals surface area contributed by atoms with Crippen molar-refractivity contribution in [2.75, 3.05) is 19.8 Å². The molecule has 10 heteroatoms. The van der Waals surface area contributed by atoms with E-state index in [-0.39, 0.29) is 48.3 Å². The lowest BCUT2D eigenvalue weighted by Crippen LogP contribution is -3.16. The van der Waals surface area contributed by atoms with E-state index in [0.717, 1.165) is 77.4 Å². The van der Waals surface area contributed by atoms with Gasteiger partial charge in [0.1, 0.15) is 12.6 Å². The Hall–Kier alpha value is -1.92. The molecule has 2 saturated heterocycles. The van der Waals surface area contributed by atoms with Crippen molar-refractivity contribution < 1.29 is 25.0 Å². The number of nitrogens with one attached hydrogen (secondary N) is 4. The number of β-amino-alcohol motifs (C(OH)–C–C–N with tert-alkyl or cyclic N) is 1. The topological polar surface area (TPSA) is 157 Å². The maximum Gasteiger partial charge on any atom is 0.306 e. The summed E-state index contributed by atoms with van der Waals surface area (Å²) in [5, 5.41) is 43.7. The molecule has 1 aromatic carbocycles. The first-order chi connectivity index (χ1) is 23.9. The van der Waals surface area contributed by atoms with Crippen LogP contribution >= 0.6 is 0 Å². The highest BCUT2D eigenvalue weighted by Crippen LogP contribution is 2.47. The highest BCUT2D eigenvalue weighted by atomic mass is 16.4. The van der Waals surface area contributed by atoms with Crippen LogP contribution in [0.2, 0.25) is 0 Å². The van der Waals surface area contributed by atoms with Crippen LogP contribution in [-0.2, 0) is 17.6 Å². The minimum absolute atomic E-state index is 0.0988. The lowest BCUT2D eigenvalue weighted by atomic mass is 9.73. The van der Waals surface area contributed by atoms with E-state index in [4.69, 9.17) is 5.73 Å². The lowest BCUT2D eigenvalue weighted by Gasteiger charge is -2.45. The van der Waals surface area contributed by atoms with Crippen molar-refractivity contribution in [3.63, 3.8) is 0 Å². The van der Waals surface area contributed by atoms with Crippen molar-refractivity contribution in [3.05, 3.63) is 35.4 Å². The highest BCUT2D eigenvalue weighted by Gasteiger charge is 2.43. The second kappa shape index (κ2) is 16.4. The number of nitrogens with zero attached hydrogens (tertiary/aromatic N) is 1. The van der Waals surface area contributed by atoms with E-state index in [2.05, 4.69) is 59.1 Å². The molecule has 3 fully saturated rings. The van der Waals surface area contributed by atoms with Gasteiger partial charge in [-0.2, -0.15) is 0 Å². The number of carboxylic acids is 1. The fourth-order valence-corrected chi connectivity index (χ4v) is 10.6. The van der Waals surface area contributed by atoms with Crippen molar-refractivity contribution >= 4 is 12.2 Å². The van der Waals surface area contributed by atoms with Crippen molar-refractivity contribution in [2.24, 2.45) is 22.1 Å². The van der Waals surface area contributed by atoms with Gasteiger partial charge in [0.15, 0.2) is 6.67 Å². The number of aliphatic imine (C=N–C) groups is 1. The number of piperidine rings is 2. The molecule has 1 spiro atoms. The van der Waals surface area contributed by atoms with E-state index < -0.39 is 11.6 Å². The van der Waals surface area contributed by atoms with Gasteiger partial charge in [0.2, 0.25) is 0 Å². The maximum absolute atomic E-state index is 12.0. The molecule has 10 nitrogen and oxygen atoms in total. The van der Waals surface area contributed by atoms with Crippen molar-refractivity contribution in [3.8, 4) is 0 Å². The van der Waals surface area contributed by atoms with E-state index in [0.29, 0.717) is 24.4 Å². The molecule has 1 unspecified atom stereocenters. The minimum Gasteiger partial charge on any atom is -0.481 e. The summed E-state index contributed by atoms with van der Waals surface area (Å²) >= 11 is 0. The molecule has 6 rings (SSSR count). The van der Waals surface area contributed by atoms with Gasteiger partial charge in [-0.15, -0.1) is 0 Å². The zero-order valence-electron chi connectivity index (χ0n) is 30.8. The van der Waals surface area contributed by atoms with Crippen LogP contribution in [0.5, 0.6) is 0 Å². The number of carbonyl (C=O) groups is 1. The summed E-state index contributed by atoms with van der Waals surface area (Å²) in [6.07, 6.45) is 17.5. The number of carboxylic acid groups (broad SMARTS) is 1. The van der Waals surface area contributed by atoms with E-state index in [1.165, 1.54) is 48.1 Å². The van der Waals surface area contributed by atoms with E-state index in [9.17, 15) is 20.1 Å². The molecule has 9 N–H and O–H groups in total. The molecule has 4 bridgehead atoms. The van der Waals surface area contributed by atoms with Gasteiger partial charge in [-0.25, -0.2) is 4.99 Å². The summed E-state index contributed by atoms with van der Waals surface area (Å²) in [5.41, 5.74) is 7.89. The van der Waals surface area contributed by atoms with E-state index in [1.807, 2.05) is 6.21 Å². The molecule has 10 atom stereocenters. The van der Waals surface area contributed by atoms with Crippen LogP contribution in [0.25, 0.3) is 0 Å². The van der Waals surface area contributed by atoms with Gasteiger partial charge >= 0.3 is 5.97 Å². The first-order valence-electron chi connectivity index (χ1n) is 20.0. The number of aliphatic hydroxyl groups excluding tert-OH is 1. The van der Waals surface area contributed by atoms with Gasteiger partial charge in [-0.05, 0) is 107 Å². The van der Waals surface area contributed by atoms with Gasteiger partial charge in [0.05, 0.1) is 36.5 Å². The molecule has 1 aromatic rings. The zero-order chi connectivity index (χ0) is 35.4. The van der Waals surface area contributed by atoms with Gasteiger partial charge in [-0.3, -0.25) is 10.1 Å². The Bertz CT molecular complexity index is 1300. The number of nitrogens with two attached hydrogens (primary N) is 1. The van der Waals surface area contributed by atoms with Gasteiger partial charge in [0, 0.05) is 30.6 Å². The molecule has 1 aliphatic carbocycles. The minimum atomic E-state index is -1.30. The number of aliphatic hydroxyl groups is 2. The smallest absolute Gasteiger partial charge is 0.306 e. The Balaban J connectivity index is 1.23. The average Bonchev–Trinajstić information content (AvgIpc) is 3.76. The Morgan fingerprint density at radius 2 is 1.80 bits per heavy atom. The molecular formula is C40H67N6O4+. The molecule has 4 aliphatic heterocycles. The maximum atomic E-state index is 12.0. The number of aliphatic carboxylic acids is 1. The number of hydrogen-bond acceptors (Lipinski definition) is 8.